The molecule has 100 valence electrons. The van der Waals surface area contributed by atoms with Gasteiger partial charge in [0.2, 0.25) is 0 Å². The van der Waals surface area contributed by atoms with Gasteiger partial charge in [-0.05, 0) is 31.0 Å². The number of carbonyl (C=O) groups is 1. The van der Waals surface area contributed by atoms with Crippen LogP contribution in [0.1, 0.15) is 37.0 Å². The van der Waals surface area contributed by atoms with Crippen molar-refractivity contribution in [3.8, 4) is 0 Å². The van der Waals surface area contributed by atoms with E-state index >= 15 is 0 Å². The zero-order chi connectivity index (χ0) is 13.8. The fourth-order valence-electron chi connectivity index (χ4n) is 1.60. The zero-order valence-electron chi connectivity index (χ0n) is 10.4. The average Bonchev–Trinajstić information content (AvgIpc) is 2.39. The van der Waals surface area contributed by atoms with Crippen molar-refractivity contribution in [2.75, 3.05) is 5.88 Å². The van der Waals surface area contributed by atoms with Crippen LogP contribution in [0, 0.1) is 5.82 Å². The van der Waals surface area contributed by atoms with Crippen molar-refractivity contribution in [2.45, 2.75) is 32.2 Å². The average molecular weight is 292 g/mol. The molecule has 1 rings (SSSR count). The third-order valence-corrected chi connectivity index (χ3v) is 3.99. The summed E-state index contributed by atoms with van der Waals surface area (Å²) in [4.78, 5) is 12.0. The molecule has 1 aromatic rings. The van der Waals surface area contributed by atoms with Gasteiger partial charge >= 0.3 is 0 Å². The molecule has 18 heavy (non-hydrogen) atoms. The van der Waals surface area contributed by atoms with E-state index in [0.717, 1.165) is 18.9 Å². The van der Waals surface area contributed by atoms with Crippen LogP contribution < -0.4 is 5.32 Å². The van der Waals surface area contributed by atoms with E-state index in [4.69, 9.17) is 23.2 Å². The second kappa shape index (κ2) is 6.39. The highest BCUT2D eigenvalue weighted by Crippen LogP contribution is 2.20. The number of alkyl halides is 1. The summed E-state index contributed by atoms with van der Waals surface area (Å²) in [7, 11) is 0. The van der Waals surface area contributed by atoms with Gasteiger partial charge in [0.1, 0.15) is 5.82 Å². The van der Waals surface area contributed by atoms with E-state index in [1.54, 1.807) is 0 Å². The number of halogens is 3. The lowest BCUT2D eigenvalue weighted by Gasteiger charge is -2.30. The van der Waals surface area contributed by atoms with Crippen molar-refractivity contribution in [1.29, 1.82) is 0 Å². The summed E-state index contributed by atoms with van der Waals surface area (Å²) in [5.74, 6) is -0.620. The van der Waals surface area contributed by atoms with Crippen molar-refractivity contribution in [3.63, 3.8) is 0 Å². The number of rotatable bonds is 5. The van der Waals surface area contributed by atoms with E-state index in [9.17, 15) is 9.18 Å². The molecule has 0 saturated heterocycles. The van der Waals surface area contributed by atoms with E-state index in [0.29, 0.717) is 5.88 Å². The molecule has 0 aliphatic rings. The Balaban J connectivity index is 2.90. The highest BCUT2D eigenvalue weighted by atomic mass is 35.5. The third kappa shape index (κ3) is 3.36. The molecule has 1 amide bonds. The molecule has 2 nitrogen and oxygen atoms in total. The topological polar surface area (TPSA) is 29.1 Å². The van der Waals surface area contributed by atoms with E-state index in [1.165, 1.54) is 12.1 Å². The minimum Gasteiger partial charge on any atom is -0.345 e. The molecule has 0 atom stereocenters. The standard InChI is InChI=1S/C13H16Cl2FNO/c1-3-13(4-2,8-14)17-12(18)9-5-6-10(15)11(16)7-9/h5-7H,3-4,8H2,1-2H3,(H,17,18). The van der Waals surface area contributed by atoms with Gasteiger partial charge in [-0.1, -0.05) is 25.4 Å². The first kappa shape index (κ1) is 15.3. The van der Waals surface area contributed by atoms with E-state index < -0.39 is 11.4 Å². The first-order valence-electron chi connectivity index (χ1n) is 5.81. The first-order valence-corrected chi connectivity index (χ1v) is 6.72. The molecule has 0 saturated carbocycles. The Hall–Kier alpha value is -0.800. The summed E-state index contributed by atoms with van der Waals surface area (Å²) in [5.41, 5.74) is -0.206. The summed E-state index contributed by atoms with van der Waals surface area (Å²) in [6, 6.07) is 3.99. The van der Waals surface area contributed by atoms with E-state index in [2.05, 4.69) is 5.32 Å². The molecule has 0 aliphatic heterocycles. The fourth-order valence-corrected chi connectivity index (χ4v) is 2.16. The molecule has 0 heterocycles. The van der Waals surface area contributed by atoms with E-state index in [1.807, 2.05) is 13.8 Å². The highest BCUT2D eigenvalue weighted by molar-refractivity contribution is 6.30. The number of nitrogens with one attached hydrogen (secondary N) is 1. The van der Waals surface area contributed by atoms with Crippen LogP contribution in [0.15, 0.2) is 18.2 Å². The van der Waals surface area contributed by atoms with Crippen LogP contribution in [0.4, 0.5) is 4.39 Å². The van der Waals surface area contributed by atoms with Crippen molar-refractivity contribution < 1.29 is 9.18 Å². The fraction of sp³-hybridized carbons (Fsp3) is 0.462. The molecule has 0 fully saturated rings. The Morgan fingerprint density at radius 1 is 1.39 bits per heavy atom. The summed E-state index contributed by atoms with van der Waals surface area (Å²) in [6.07, 6.45) is 1.43. The largest absolute Gasteiger partial charge is 0.345 e. The van der Waals surface area contributed by atoms with Gasteiger partial charge in [0, 0.05) is 11.4 Å². The van der Waals surface area contributed by atoms with Crippen LogP contribution in [0.2, 0.25) is 5.02 Å². The van der Waals surface area contributed by atoms with Crippen LogP contribution in [0.5, 0.6) is 0 Å². The third-order valence-electron chi connectivity index (χ3n) is 3.17. The van der Waals surface area contributed by atoms with Gasteiger partial charge in [-0.15, -0.1) is 11.6 Å². The lowest BCUT2D eigenvalue weighted by Crippen LogP contribution is -2.49. The number of hydrogen-bond acceptors (Lipinski definition) is 1. The molecule has 0 aromatic heterocycles. The molecule has 0 radical (unpaired) electrons. The SMILES string of the molecule is CCC(CC)(CCl)NC(=O)c1ccc(Cl)c(F)c1. The van der Waals surface area contributed by atoms with Crippen molar-refractivity contribution >= 4 is 29.1 Å². The smallest absolute Gasteiger partial charge is 0.251 e. The predicted molar refractivity (Wildman–Crippen MR) is 72.9 cm³/mol. The van der Waals surface area contributed by atoms with Crippen LogP contribution in [0.25, 0.3) is 0 Å². The van der Waals surface area contributed by atoms with Crippen molar-refractivity contribution in [1.82, 2.24) is 5.32 Å². The van der Waals surface area contributed by atoms with Gasteiger partial charge in [0.05, 0.1) is 10.6 Å². The Bertz CT molecular complexity index is 425. The van der Waals surface area contributed by atoms with Crippen LogP contribution in [0.3, 0.4) is 0 Å². The van der Waals surface area contributed by atoms with Crippen LogP contribution >= 0.6 is 23.2 Å². The maximum absolute atomic E-state index is 13.3. The molecular formula is C13H16Cl2FNO. The van der Waals surface area contributed by atoms with Gasteiger partial charge in [-0.3, -0.25) is 4.79 Å². The molecule has 0 spiro atoms. The molecule has 1 N–H and O–H groups in total. The Morgan fingerprint density at radius 3 is 2.44 bits per heavy atom. The van der Waals surface area contributed by atoms with Gasteiger partial charge < -0.3 is 5.32 Å². The summed E-state index contributed by atoms with van der Waals surface area (Å²) in [6.45, 7) is 3.91. The van der Waals surface area contributed by atoms with Crippen LogP contribution in [-0.4, -0.2) is 17.3 Å². The minimum absolute atomic E-state index is 0.00106. The monoisotopic (exact) mass is 291 g/mol. The lowest BCUT2D eigenvalue weighted by molar-refractivity contribution is 0.0902. The maximum Gasteiger partial charge on any atom is 0.251 e. The first-order chi connectivity index (χ1) is 8.48. The van der Waals surface area contributed by atoms with Crippen molar-refractivity contribution in [3.05, 3.63) is 34.6 Å². The normalized spacial score (nSPS) is 11.4. The summed E-state index contributed by atoms with van der Waals surface area (Å²) >= 11 is 11.5. The molecule has 0 aliphatic carbocycles. The minimum atomic E-state index is -0.603. The van der Waals surface area contributed by atoms with Gasteiger partial charge in [-0.25, -0.2) is 4.39 Å². The number of hydrogen-bond donors (Lipinski definition) is 1. The number of benzene rings is 1. The van der Waals surface area contributed by atoms with Gasteiger partial charge in [-0.2, -0.15) is 0 Å². The van der Waals surface area contributed by atoms with Crippen LogP contribution in [-0.2, 0) is 0 Å². The molecule has 0 bridgehead atoms. The second-order valence-corrected chi connectivity index (χ2v) is 4.88. The van der Waals surface area contributed by atoms with E-state index in [-0.39, 0.29) is 16.5 Å². The molecular weight excluding hydrogens is 276 g/mol. The highest BCUT2D eigenvalue weighted by Gasteiger charge is 2.27. The van der Waals surface area contributed by atoms with Gasteiger partial charge in [0.15, 0.2) is 0 Å². The molecule has 5 heteroatoms. The summed E-state index contributed by atoms with van der Waals surface area (Å²) in [5, 5.41) is 2.86. The Kier molecular flexibility index (Phi) is 5.42. The molecule has 1 aromatic carbocycles. The maximum atomic E-state index is 13.3. The Labute approximate surface area is 116 Å². The molecule has 0 unspecified atom stereocenters. The quantitative estimate of drug-likeness (QED) is 0.816. The predicted octanol–water partition coefficient (Wildman–Crippen LogP) is 4.01. The number of carbonyl (C=O) groups excluding carboxylic acids is 1. The zero-order valence-corrected chi connectivity index (χ0v) is 11.9. The second-order valence-electron chi connectivity index (χ2n) is 4.20. The van der Waals surface area contributed by atoms with Crippen molar-refractivity contribution in [2.24, 2.45) is 0 Å². The number of amides is 1. The summed E-state index contributed by atoms with van der Waals surface area (Å²) < 4.78 is 13.3. The van der Waals surface area contributed by atoms with Gasteiger partial charge in [0.25, 0.3) is 5.91 Å². The lowest BCUT2D eigenvalue weighted by atomic mass is 9.94. The Morgan fingerprint density at radius 2 is 2.00 bits per heavy atom.